The Hall–Kier alpha value is -1.06. The lowest BCUT2D eigenvalue weighted by atomic mass is 9.81. The van der Waals surface area contributed by atoms with Crippen molar-refractivity contribution in [3.05, 3.63) is 0 Å². The number of rotatable bonds is 12. The normalized spacial score (nSPS) is 15.6. The molecule has 0 aromatic heterocycles. The summed E-state index contributed by atoms with van der Waals surface area (Å²) in [6.07, 6.45) is 6.12. The van der Waals surface area contributed by atoms with E-state index in [1.54, 1.807) is 0 Å². The molecule has 118 valence electrons. The zero-order chi connectivity index (χ0) is 15.5. The van der Waals surface area contributed by atoms with E-state index in [1.165, 1.54) is 0 Å². The van der Waals surface area contributed by atoms with Gasteiger partial charge in [-0.2, -0.15) is 0 Å². The molecule has 0 saturated carbocycles. The maximum Gasteiger partial charge on any atom is 0.306 e. The topological polar surface area (TPSA) is 74.6 Å². The van der Waals surface area contributed by atoms with Gasteiger partial charge in [-0.25, -0.2) is 0 Å². The standard InChI is InChI=1S/C16H30O4/c1-4-7-13(6-3)14(16(19)20)10-8-12(5-2)9-11-15(17)18/h12-14H,4-11H2,1-3H3,(H,17,18)(H,19,20). The summed E-state index contributed by atoms with van der Waals surface area (Å²) in [6, 6.07) is 0. The first-order valence-electron chi connectivity index (χ1n) is 7.90. The summed E-state index contributed by atoms with van der Waals surface area (Å²) in [7, 11) is 0. The highest BCUT2D eigenvalue weighted by Crippen LogP contribution is 2.29. The van der Waals surface area contributed by atoms with Crippen LogP contribution in [0.3, 0.4) is 0 Å². The highest BCUT2D eigenvalue weighted by molar-refractivity contribution is 5.70. The van der Waals surface area contributed by atoms with E-state index in [1.807, 2.05) is 6.92 Å². The summed E-state index contributed by atoms with van der Waals surface area (Å²) in [4.78, 5) is 22.1. The first kappa shape index (κ1) is 18.9. The van der Waals surface area contributed by atoms with E-state index in [4.69, 9.17) is 5.11 Å². The van der Waals surface area contributed by atoms with Crippen LogP contribution in [0.2, 0.25) is 0 Å². The Morgan fingerprint density at radius 2 is 1.55 bits per heavy atom. The summed E-state index contributed by atoms with van der Waals surface area (Å²) in [5.74, 6) is -1.17. The van der Waals surface area contributed by atoms with E-state index < -0.39 is 11.9 Å². The van der Waals surface area contributed by atoms with Crippen molar-refractivity contribution >= 4 is 11.9 Å². The van der Waals surface area contributed by atoms with Gasteiger partial charge in [-0.1, -0.05) is 40.0 Å². The zero-order valence-corrected chi connectivity index (χ0v) is 13.1. The van der Waals surface area contributed by atoms with Crippen LogP contribution in [0.25, 0.3) is 0 Å². The molecule has 0 aromatic carbocycles. The third kappa shape index (κ3) is 7.51. The van der Waals surface area contributed by atoms with E-state index in [9.17, 15) is 14.7 Å². The predicted octanol–water partition coefficient (Wildman–Crippen LogP) is 4.18. The molecule has 0 aliphatic heterocycles. The monoisotopic (exact) mass is 286 g/mol. The molecule has 0 saturated heterocycles. The summed E-state index contributed by atoms with van der Waals surface area (Å²) < 4.78 is 0. The molecule has 4 nitrogen and oxygen atoms in total. The second kappa shape index (κ2) is 10.7. The van der Waals surface area contributed by atoms with Crippen LogP contribution >= 0.6 is 0 Å². The van der Waals surface area contributed by atoms with Gasteiger partial charge in [0.1, 0.15) is 0 Å². The lowest BCUT2D eigenvalue weighted by Gasteiger charge is -2.24. The van der Waals surface area contributed by atoms with Gasteiger partial charge in [-0.05, 0) is 37.5 Å². The number of carbonyl (C=O) groups is 2. The first-order valence-corrected chi connectivity index (χ1v) is 7.90. The van der Waals surface area contributed by atoms with Crippen molar-refractivity contribution < 1.29 is 19.8 Å². The van der Waals surface area contributed by atoms with Crippen molar-refractivity contribution in [3.8, 4) is 0 Å². The first-order chi connectivity index (χ1) is 9.46. The van der Waals surface area contributed by atoms with E-state index >= 15 is 0 Å². The van der Waals surface area contributed by atoms with Crippen molar-refractivity contribution in [2.75, 3.05) is 0 Å². The molecule has 4 heteroatoms. The lowest BCUT2D eigenvalue weighted by molar-refractivity contribution is -0.144. The summed E-state index contributed by atoms with van der Waals surface area (Å²) in [5.41, 5.74) is 0. The van der Waals surface area contributed by atoms with E-state index in [-0.39, 0.29) is 18.3 Å². The minimum Gasteiger partial charge on any atom is -0.481 e. The fourth-order valence-corrected chi connectivity index (χ4v) is 2.92. The van der Waals surface area contributed by atoms with Gasteiger partial charge in [0.25, 0.3) is 0 Å². The van der Waals surface area contributed by atoms with Crippen LogP contribution in [-0.2, 0) is 9.59 Å². The van der Waals surface area contributed by atoms with Crippen LogP contribution in [-0.4, -0.2) is 22.2 Å². The molecule has 3 unspecified atom stereocenters. The average molecular weight is 286 g/mol. The molecule has 0 fully saturated rings. The van der Waals surface area contributed by atoms with Crippen LogP contribution in [0.4, 0.5) is 0 Å². The van der Waals surface area contributed by atoms with Crippen LogP contribution in [0, 0.1) is 17.8 Å². The number of hydrogen-bond acceptors (Lipinski definition) is 2. The van der Waals surface area contributed by atoms with Crippen molar-refractivity contribution in [1.82, 2.24) is 0 Å². The largest absolute Gasteiger partial charge is 0.481 e. The Morgan fingerprint density at radius 3 is 1.95 bits per heavy atom. The van der Waals surface area contributed by atoms with Gasteiger partial charge in [0.15, 0.2) is 0 Å². The summed E-state index contributed by atoms with van der Waals surface area (Å²) in [5, 5.41) is 18.1. The van der Waals surface area contributed by atoms with Gasteiger partial charge in [-0.3, -0.25) is 9.59 Å². The van der Waals surface area contributed by atoms with Crippen LogP contribution in [0.1, 0.15) is 72.1 Å². The molecule has 0 spiro atoms. The SMILES string of the molecule is CCCC(CC)C(CCC(CC)CCC(=O)O)C(=O)O. The molecule has 0 amide bonds. The highest BCUT2D eigenvalue weighted by Gasteiger charge is 2.26. The Labute approximate surface area is 122 Å². The van der Waals surface area contributed by atoms with Gasteiger partial charge in [-0.15, -0.1) is 0 Å². The molecule has 0 rings (SSSR count). The number of hydrogen-bond donors (Lipinski definition) is 2. The molecule has 0 heterocycles. The van der Waals surface area contributed by atoms with E-state index in [0.717, 1.165) is 32.1 Å². The predicted molar refractivity (Wildman–Crippen MR) is 79.7 cm³/mol. The van der Waals surface area contributed by atoms with Crippen molar-refractivity contribution in [2.24, 2.45) is 17.8 Å². The molecule has 20 heavy (non-hydrogen) atoms. The Morgan fingerprint density at radius 1 is 0.900 bits per heavy atom. The molecule has 0 aliphatic rings. The minimum absolute atomic E-state index is 0.183. The van der Waals surface area contributed by atoms with Crippen molar-refractivity contribution in [2.45, 2.75) is 72.1 Å². The Balaban J connectivity index is 4.43. The molecular weight excluding hydrogens is 256 g/mol. The Bertz CT molecular complexity index is 288. The van der Waals surface area contributed by atoms with Gasteiger partial charge in [0.05, 0.1) is 5.92 Å². The fraction of sp³-hybridized carbons (Fsp3) is 0.875. The average Bonchev–Trinajstić information content (AvgIpc) is 2.40. The van der Waals surface area contributed by atoms with Gasteiger partial charge in [0, 0.05) is 6.42 Å². The number of carboxylic acid groups (broad SMARTS) is 2. The molecule has 2 N–H and O–H groups in total. The van der Waals surface area contributed by atoms with E-state index in [2.05, 4.69) is 13.8 Å². The molecule has 3 atom stereocenters. The van der Waals surface area contributed by atoms with Crippen molar-refractivity contribution in [1.29, 1.82) is 0 Å². The van der Waals surface area contributed by atoms with Crippen LogP contribution < -0.4 is 0 Å². The fourth-order valence-electron chi connectivity index (χ4n) is 2.92. The third-order valence-corrected chi connectivity index (χ3v) is 4.30. The molecule has 0 radical (unpaired) electrons. The van der Waals surface area contributed by atoms with Crippen molar-refractivity contribution in [3.63, 3.8) is 0 Å². The summed E-state index contributed by atoms with van der Waals surface area (Å²) in [6.45, 7) is 6.19. The number of carboxylic acids is 2. The minimum atomic E-state index is -0.768. The molecular formula is C16H30O4. The van der Waals surface area contributed by atoms with E-state index in [0.29, 0.717) is 18.8 Å². The van der Waals surface area contributed by atoms with Crippen LogP contribution in [0.5, 0.6) is 0 Å². The molecule has 0 bridgehead atoms. The smallest absolute Gasteiger partial charge is 0.306 e. The Kier molecular flexibility index (Phi) is 10.1. The van der Waals surface area contributed by atoms with Crippen LogP contribution in [0.15, 0.2) is 0 Å². The number of aliphatic carboxylic acids is 2. The van der Waals surface area contributed by atoms with Gasteiger partial charge in [0.2, 0.25) is 0 Å². The lowest BCUT2D eigenvalue weighted by Crippen LogP contribution is -2.24. The molecule has 0 aliphatic carbocycles. The third-order valence-electron chi connectivity index (χ3n) is 4.30. The maximum absolute atomic E-state index is 11.4. The maximum atomic E-state index is 11.4. The highest BCUT2D eigenvalue weighted by atomic mass is 16.4. The summed E-state index contributed by atoms with van der Waals surface area (Å²) >= 11 is 0. The second-order valence-corrected chi connectivity index (χ2v) is 5.69. The van der Waals surface area contributed by atoms with Gasteiger partial charge < -0.3 is 10.2 Å². The molecule has 0 aromatic rings. The zero-order valence-electron chi connectivity index (χ0n) is 13.1. The quantitative estimate of drug-likeness (QED) is 0.564. The second-order valence-electron chi connectivity index (χ2n) is 5.69. The van der Waals surface area contributed by atoms with Gasteiger partial charge >= 0.3 is 11.9 Å².